The number of ether oxygens (including phenoxy) is 1. The van der Waals surface area contributed by atoms with E-state index < -0.39 is 41.9 Å². The van der Waals surface area contributed by atoms with Gasteiger partial charge in [-0.15, -0.1) is 16.7 Å². The molecule has 1 fully saturated rings. The van der Waals surface area contributed by atoms with Crippen molar-refractivity contribution in [1.82, 2.24) is 29.7 Å². The molecule has 39 heavy (non-hydrogen) atoms. The number of nitrogens with one attached hydrogen (secondary N) is 1. The molecule has 1 N–H and O–H groups in total. The summed E-state index contributed by atoms with van der Waals surface area (Å²) in [5, 5.41) is 15.5. The molecule has 2 heterocycles. The predicted octanol–water partition coefficient (Wildman–Crippen LogP) is 4.06. The Labute approximate surface area is 240 Å². The Bertz CT molecular complexity index is 1360. The third-order valence-electron chi connectivity index (χ3n) is 5.74. The molecule has 0 bridgehead atoms. The molecule has 0 spiro atoms. The van der Waals surface area contributed by atoms with E-state index in [2.05, 4.69) is 20.7 Å². The molecule has 1 aliphatic rings. The third-order valence-corrected chi connectivity index (χ3v) is 6.37. The summed E-state index contributed by atoms with van der Waals surface area (Å²) in [4.78, 5) is 40.7. The molecule has 0 aliphatic heterocycles. The zero-order valence-electron chi connectivity index (χ0n) is 21.6. The first kappa shape index (κ1) is 28.8. The summed E-state index contributed by atoms with van der Waals surface area (Å²) in [6.07, 6.45) is 5.43. The average molecular weight is 597 g/mol. The molecular weight excluding hydrogens is 569 g/mol. The first-order valence-electron chi connectivity index (χ1n) is 12.2. The monoisotopic (exact) mass is 595 g/mol. The number of aromatic nitrogens is 5. The lowest BCUT2D eigenvalue weighted by Gasteiger charge is -2.31. The van der Waals surface area contributed by atoms with Gasteiger partial charge in [0.05, 0.1) is 29.3 Å². The standard InChI is InChI=1S/C25H28Cl3N7O4/c1-25(2,3)39-24(38)20(11-16-8-9-34(31-16)17-5-6-17)33(23(37)12-26)14-22(36)29-18-10-15(27)4-7-19(18)35-13-21(28)30-32-35/h4,7-10,13,17,20H,5-6,11-12,14H2,1-3H3,(H,29,36). The van der Waals surface area contributed by atoms with Crippen molar-refractivity contribution in [3.8, 4) is 5.69 Å². The normalized spacial score (nSPS) is 14.1. The molecule has 1 atom stereocenters. The van der Waals surface area contributed by atoms with Crippen LogP contribution in [0.3, 0.4) is 0 Å². The van der Waals surface area contributed by atoms with E-state index in [4.69, 9.17) is 39.5 Å². The highest BCUT2D eigenvalue weighted by Gasteiger charge is 2.35. The van der Waals surface area contributed by atoms with E-state index >= 15 is 0 Å². The van der Waals surface area contributed by atoms with Crippen molar-refractivity contribution in [1.29, 1.82) is 0 Å². The van der Waals surface area contributed by atoms with Crippen molar-refractivity contribution in [3.05, 3.63) is 52.5 Å². The van der Waals surface area contributed by atoms with E-state index in [1.165, 1.54) is 16.9 Å². The van der Waals surface area contributed by atoms with Crippen LogP contribution < -0.4 is 5.32 Å². The number of carbonyl (C=O) groups excluding carboxylic acids is 3. The smallest absolute Gasteiger partial charge is 0.329 e. The number of benzene rings is 1. The maximum Gasteiger partial charge on any atom is 0.329 e. The van der Waals surface area contributed by atoms with E-state index in [0.717, 1.165) is 17.7 Å². The SMILES string of the molecule is CC(C)(C)OC(=O)C(Cc1ccn(C2CC2)n1)N(CC(=O)Nc1cc(Cl)ccc1-n1cc(Cl)nn1)C(=O)CCl. The van der Waals surface area contributed by atoms with Crippen molar-refractivity contribution < 1.29 is 19.1 Å². The number of alkyl halides is 1. The molecule has 4 rings (SSSR count). The van der Waals surface area contributed by atoms with Gasteiger partial charge in [-0.3, -0.25) is 14.3 Å². The molecule has 11 nitrogen and oxygen atoms in total. The van der Waals surface area contributed by atoms with Crippen LogP contribution >= 0.6 is 34.8 Å². The van der Waals surface area contributed by atoms with Crippen molar-refractivity contribution in [2.75, 3.05) is 17.7 Å². The second-order valence-electron chi connectivity index (χ2n) is 10.1. The van der Waals surface area contributed by atoms with Gasteiger partial charge in [-0.2, -0.15) is 5.10 Å². The number of rotatable bonds is 10. The fourth-order valence-electron chi connectivity index (χ4n) is 3.88. The van der Waals surface area contributed by atoms with Crippen LogP contribution in [0.2, 0.25) is 10.2 Å². The van der Waals surface area contributed by atoms with Gasteiger partial charge in [0, 0.05) is 17.6 Å². The van der Waals surface area contributed by atoms with Gasteiger partial charge in [0.1, 0.15) is 24.1 Å². The van der Waals surface area contributed by atoms with Crippen LogP contribution in [-0.4, -0.2) is 71.5 Å². The van der Waals surface area contributed by atoms with Crippen LogP contribution in [0.25, 0.3) is 5.69 Å². The van der Waals surface area contributed by atoms with E-state index in [-0.39, 0.29) is 11.6 Å². The van der Waals surface area contributed by atoms with Gasteiger partial charge in [0.25, 0.3) is 0 Å². The van der Waals surface area contributed by atoms with Gasteiger partial charge in [0.2, 0.25) is 11.8 Å². The number of esters is 1. The number of hydrogen-bond donors (Lipinski definition) is 1. The number of halogens is 3. The zero-order chi connectivity index (χ0) is 28.3. The molecule has 2 aromatic heterocycles. The first-order chi connectivity index (χ1) is 18.4. The maximum atomic E-state index is 13.3. The molecule has 1 aromatic carbocycles. The molecule has 1 aliphatic carbocycles. The van der Waals surface area contributed by atoms with Crippen molar-refractivity contribution >= 4 is 58.3 Å². The number of anilines is 1. The quantitative estimate of drug-likeness (QED) is 0.276. The lowest BCUT2D eigenvalue weighted by molar-refractivity contribution is -0.164. The van der Waals surface area contributed by atoms with Crippen LogP contribution in [0.4, 0.5) is 5.69 Å². The van der Waals surface area contributed by atoms with Crippen molar-refractivity contribution in [3.63, 3.8) is 0 Å². The minimum absolute atomic E-state index is 0.0460. The van der Waals surface area contributed by atoms with E-state index in [9.17, 15) is 14.4 Å². The van der Waals surface area contributed by atoms with Gasteiger partial charge in [-0.1, -0.05) is 28.4 Å². The summed E-state index contributed by atoms with van der Waals surface area (Å²) in [6, 6.07) is 5.76. The summed E-state index contributed by atoms with van der Waals surface area (Å²) < 4.78 is 8.84. The number of amides is 2. The van der Waals surface area contributed by atoms with Gasteiger partial charge >= 0.3 is 5.97 Å². The average Bonchev–Trinajstić information content (AvgIpc) is 3.45. The Morgan fingerprint density at radius 2 is 1.95 bits per heavy atom. The van der Waals surface area contributed by atoms with Crippen LogP contribution in [0, 0.1) is 0 Å². The van der Waals surface area contributed by atoms with Crippen LogP contribution in [0.15, 0.2) is 36.7 Å². The Hall–Kier alpha value is -3.15. The molecule has 3 aromatic rings. The fraction of sp³-hybridized carbons (Fsp3) is 0.440. The molecule has 0 saturated heterocycles. The molecular formula is C25H28Cl3N7O4. The lowest BCUT2D eigenvalue weighted by Crippen LogP contribution is -2.52. The Morgan fingerprint density at radius 1 is 1.21 bits per heavy atom. The zero-order valence-corrected chi connectivity index (χ0v) is 23.9. The van der Waals surface area contributed by atoms with Gasteiger partial charge < -0.3 is 15.0 Å². The number of carbonyl (C=O) groups is 3. The van der Waals surface area contributed by atoms with E-state index in [1.807, 2.05) is 10.9 Å². The summed E-state index contributed by atoms with van der Waals surface area (Å²) in [6.45, 7) is 4.69. The Balaban J connectivity index is 1.60. The van der Waals surface area contributed by atoms with Gasteiger partial charge in [-0.25, -0.2) is 9.48 Å². The lowest BCUT2D eigenvalue weighted by atomic mass is 10.1. The summed E-state index contributed by atoms with van der Waals surface area (Å²) in [7, 11) is 0. The maximum absolute atomic E-state index is 13.3. The van der Waals surface area contributed by atoms with Crippen LogP contribution in [0.5, 0.6) is 0 Å². The third kappa shape index (κ3) is 7.71. The highest BCUT2D eigenvalue weighted by Crippen LogP contribution is 2.34. The molecule has 14 heteroatoms. The number of nitrogens with zero attached hydrogens (tertiary/aromatic N) is 6. The number of hydrogen-bond acceptors (Lipinski definition) is 7. The highest BCUT2D eigenvalue weighted by molar-refractivity contribution is 6.31. The van der Waals surface area contributed by atoms with Gasteiger partial charge in [0.15, 0.2) is 5.15 Å². The summed E-state index contributed by atoms with van der Waals surface area (Å²) >= 11 is 18.0. The highest BCUT2D eigenvalue weighted by atomic mass is 35.5. The summed E-state index contributed by atoms with van der Waals surface area (Å²) in [5.74, 6) is -2.32. The van der Waals surface area contributed by atoms with Crippen LogP contribution in [0.1, 0.15) is 45.3 Å². The summed E-state index contributed by atoms with van der Waals surface area (Å²) in [5.41, 5.74) is 0.502. The van der Waals surface area contributed by atoms with Gasteiger partial charge in [-0.05, 0) is 57.9 Å². The van der Waals surface area contributed by atoms with Crippen molar-refractivity contribution in [2.24, 2.45) is 0 Å². The molecule has 0 radical (unpaired) electrons. The molecule has 1 saturated carbocycles. The van der Waals surface area contributed by atoms with E-state index in [1.54, 1.807) is 39.0 Å². The molecule has 1 unspecified atom stereocenters. The Morgan fingerprint density at radius 3 is 2.56 bits per heavy atom. The van der Waals surface area contributed by atoms with Crippen molar-refractivity contribution in [2.45, 2.75) is 57.7 Å². The second-order valence-corrected chi connectivity index (χ2v) is 11.2. The fourth-order valence-corrected chi connectivity index (χ4v) is 4.33. The molecule has 208 valence electrons. The first-order valence-corrected chi connectivity index (χ1v) is 13.5. The van der Waals surface area contributed by atoms with Crippen LogP contribution in [-0.2, 0) is 25.5 Å². The predicted molar refractivity (Wildman–Crippen MR) is 146 cm³/mol. The Kier molecular flexibility index (Phi) is 8.83. The largest absolute Gasteiger partial charge is 0.458 e. The topological polar surface area (TPSA) is 124 Å². The van der Waals surface area contributed by atoms with E-state index in [0.29, 0.717) is 28.1 Å². The minimum Gasteiger partial charge on any atom is -0.458 e. The minimum atomic E-state index is -1.14. The second kappa shape index (κ2) is 11.9. The molecule has 2 amide bonds.